The molecule has 0 unspecified atom stereocenters. The number of thioether (sulfide) groups is 1. The Bertz CT molecular complexity index is 802. The summed E-state index contributed by atoms with van der Waals surface area (Å²) in [7, 11) is 0. The van der Waals surface area contributed by atoms with E-state index in [1.807, 2.05) is 35.7 Å². The Morgan fingerprint density at radius 3 is 2.83 bits per heavy atom. The van der Waals surface area contributed by atoms with Gasteiger partial charge < -0.3 is 0 Å². The van der Waals surface area contributed by atoms with E-state index in [1.165, 1.54) is 34.4 Å². The van der Waals surface area contributed by atoms with Crippen LogP contribution in [-0.4, -0.2) is 33.4 Å². The van der Waals surface area contributed by atoms with Crippen LogP contribution in [0.1, 0.15) is 0 Å². The molecule has 1 amide bonds. The van der Waals surface area contributed by atoms with Gasteiger partial charge in [0.05, 0.1) is 11.4 Å². The predicted octanol–water partition coefficient (Wildman–Crippen LogP) is 3.97. The van der Waals surface area contributed by atoms with E-state index < -0.39 is 0 Å². The van der Waals surface area contributed by atoms with Gasteiger partial charge in [0.15, 0.2) is 9.47 Å². The summed E-state index contributed by atoms with van der Waals surface area (Å²) >= 11 is 4.26. The van der Waals surface area contributed by atoms with E-state index >= 15 is 0 Å². The first-order valence-electron chi connectivity index (χ1n) is 7.09. The molecule has 0 spiro atoms. The number of nitrogens with zero attached hydrogens (tertiary/aromatic N) is 4. The van der Waals surface area contributed by atoms with Gasteiger partial charge in [0, 0.05) is 17.5 Å². The maximum Gasteiger partial charge on any atom is 0.239 e. The van der Waals surface area contributed by atoms with Gasteiger partial charge >= 0.3 is 0 Å². The summed E-state index contributed by atoms with van der Waals surface area (Å²) in [6.07, 6.45) is 1.71. The summed E-state index contributed by atoms with van der Waals surface area (Å²) in [5.41, 5.74) is 3.56. The number of aromatic nitrogens is 3. The van der Waals surface area contributed by atoms with Gasteiger partial charge in [0.2, 0.25) is 5.91 Å². The van der Waals surface area contributed by atoms with Crippen LogP contribution < -0.4 is 4.90 Å². The van der Waals surface area contributed by atoms with Crippen molar-refractivity contribution in [1.29, 1.82) is 0 Å². The lowest BCUT2D eigenvalue weighted by atomic mass is 10.2. The molecule has 3 rings (SSSR count). The van der Waals surface area contributed by atoms with Gasteiger partial charge in [-0.1, -0.05) is 59.5 Å². The quantitative estimate of drug-likeness (QED) is 0.462. The van der Waals surface area contributed by atoms with E-state index in [2.05, 4.69) is 21.8 Å². The van der Waals surface area contributed by atoms with Gasteiger partial charge in [-0.05, 0) is 0 Å². The van der Waals surface area contributed by atoms with Gasteiger partial charge in [0.1, 0.15) is 5.51 Å². The Kier molecular flexibility index (Phi) is 5.73. The van der Waals surface area contributed by atoms with Crippen molar-refractivity contribution in [2.75, 3.05) is 17.2 Å². The van der Waals surface area contributed by atoms with Crippen LogP contribution in [0.25, 0.3) is 11.3 Å². The van der Waals surface area contributed by atoms with Crippen molar-refractivity contribution in [1.82, 2.24) is 15.2 Å². The molecule has 0 atom stereocenters. The van der Waals surface area contributed by atoms with E-state index in [4.69, 9.17) is 0 Å². The van der Waals surface area contributed by atoms with Crippen LogP contribution in [0, 0.1) is 0 Å². The molecule has 0 saturated carbocycles. The monoisotopic (exact) mass is 374 g/mol. The van der Waals surface area contributed by atoms with Crippen LogP contribution >= 0.6 is 34.4 Å². The first-order chi connectivity index (χ1) is 11.8. The molecule has 0 aliphatic rings. The van der Waals surface area contributed by atoms with Crippen molar-refractivity contribution in [2.45, 2.75) is 4.34 Å². The van der Waals surface area contributed by atoms with E-state index in [9.17, 15) is 4.79 Å². The second kappa shape index (κ2) is 8.18. The number of benzene rings is 1. The molecule has 0 aliphatic heterocycles. The van der Waals surface area contributed by atoms with Crippen LogP contribution in [0.2, 0.25) is 0 Å². The van der Waals surface area contributed by atoms with Crippen molar-refractivity contribution in [3.05, 3.63) is 53.9 Å². The zero-order chi connectivity index (χ0) is 16.8. The van der Waals surface area contributed by atoms with Gasteiger partial charge in [-0.2, -0.15) is 0 Å². The number of carbonyl (C=O) groups excluding carboxylic acids is 1. The molecule has 24 heavy (non-hydrogen) atoms. The smallest absolute Gasteiger partial charge is 0.239 e. The molecule has 2 heterocycles. The number of amides is 1. The fourth-order valence-electron chi connectivity index (χ4n) is 1.97. The van der Waals surface area contributed by atoms with Gasteiger partial charge in [0.25, 0.3) is 0 Å². The Balaban J connectivity index is 1.74. The number of hydrogen-bond acceptors (Lipinski definition) is 7. The van der Waals surface area contributed by atoms with Crippen LogP contribution in [0.5, 0.6) is 0 Å². The Labute approximate surface area is 152 Å². The standard InChI is InChI=1S/C16H14N4OS3/c1-2-8-20(14(21)10-23-16-19-17-11-24-16)15-18-13(9-22-15)12-6-4-3-5-7-12/h2-7,9,11H,1,8,10H2. The lowest BCUT2D eigenvalue weighted by molar-refractivity contribution is -0.116. The molecule has 2 aromatic heterocycles. The van der Waals surface area contributed by atoms with Crippen molar-refractivity contribution in [2.24, 2.45) is 0 Å². The third-order valence-electron chi connectivity index (χ3n) is 3.06. The molecule has 0 aliphatic carbocycles. The lowest BCUT2D eigenvalue weighted by Crippen LogP contribution is -2.32. The number of anilines is 1. The molecular weight excluding hydrogens is 360 g/mol. The Morgan fingerprint density at radius 2 is 2.12 bits per heavy atom. The van der Waals surface area contributed by atoms with Crippen molar-refractivity contribution < 1.29 is 4.79 Å². The number of rotatable bonds is 7. The Hall–Kier alpha value is -2.03. The summed E-state index contributed by atoms with van der Waals surface area (Å²) in [5, 5.41) is 10.4. The van der Waals surface area contributed by atoms with Crippen molar-refractivity contribution in [3.63, 3.8) is 0 Å². The SMILES string of the molecule is C=CCN(C(=O)CSc1nncs1)c1nc(-c2ccccc2)cs1. The minimum atomic E-state index is -0.0240. The number of carbonyl (C=O) groups is 1. The summed E-state index contributed by atoms with van der Waals surface area (Å²) < 4.78 is 0.783. The van der Waals surface area contributed by atoms with Gasteiger partial charge in [-0.15, -0.1) is 28.1 Å². The van der Waals surface area contributed by atoms with Crippen LogP contribution in [-0.2, 0) is 4.79 Å². The highest BCUT2D eigenvalue weighted by Gasteiger charge is 2.19. The summed E-state index contributed by atoms with van der Waals surface area (Å²) in [4.78, 5) is 18.8. The number of hydrogen-bond donors (Lipinski definition) is 0. The van der Waals surface area contributed by atoms with Crippen LogP contribution in [0.15, 0.2) is 58.2 Å². The normalized spacial score (nSPS) is 10.5. The first-order valence-corrected chi connectivity index (χ1v) is 9.83. The first kappa shape index (κ1) is 16.8. The fraction of sp³-hybridized carbons (Fsp3) is 0.125. The molecule has 1 aromatic carbocycles. The molecule has 8 heteroatoms. The molecular formula is C16H14N4OS3. The molecule has 0 bridgehead atoms. The van der Waals surface area contributed by atoms with E-state index in [-0.39, 0.29) is 5.91 Å². The molecule has 0 radical (unpaired) electrons. The maximum absolute atomic E-state index is 12.6. The topological polar surface area (TPSA) is 59.0 Å². The van der Waals surface area contributed by atoms with Gasteiger partial charge in [-0.25, -0.2) is 4.98 Å². The van der Waals surface area contributed by atoms with Crippen molar-refractivity contribution in [3.8, 4) is 11.3 Å². The molecule has 0 N–H and O–H groups in total. The molecule has 122 valence electrons. The second-order valence-corrected chi connectivity index (χ2v) is 7.56. The highest BCUT2D eigenvalue weighted by Crippen LogP contribution is 2.28. The zero-order valence-electron chi connectivity index (χ0n) is 12.7. The summed E-state index contributed by atoms with van der Waals surface area (Å²) in [6, 6.07) is 9.92. The highest BCUT2D eigenvalue weighted by atomic mass is 32.2. The maximum atomic E-state index is 12.6. The highest BCUT2D eigenvalue weighted by molar-refractivity contribution is 8.01. The minimum Gasteiger partial charge on any atom is -0.284 e. The van der Waals surface area contributed by atoms with E-state index in [1.54, 1.807) is 16.5 Å². The van der Waals surface area contributed by atoms with E-state index in [0.29, 0.717) is 17.4 Å². The molecule has 0 saturated heterocycles. The largest absolute Gasteiger partial charge is 0.284 e. The number of thiazole rings is 1. The van der Waals surface area contributed by atoms with Crippen LogP contribution in [0.4, 0.5) is 5.13 Å². The Morgan fingerprint density at radius 1 is 1.29 bits per heavy atom. The van der Waals surface area contributed by atoms with Gasteiger partial charge in [-0.3, -0.25) is 9.69 Å². The molecule has 5 nitrogen and oxygen atoms in total. The average molecular weight is 375 g/mol. The summed E-state index contributed by atoms with van der Waals surface area (Å²) in [6.45, 7) is 4.17. The van der Waals surface area contributed by atoms with Crippen molar-refractivity contribution >= 4 is 45.5 Å². The average Bonchev–Trinajstić information content (AvgIpc) is 3.30. The lowest BCUT2D eigenvalue weighted by Gasteiger charge is -2.17. The second-order valence-electron chi connectivity index (χ2n) is 4.67. The van der Waals surface area contributed by atoms with Crippen LogP contribution in [0.3, 0.4) is 0 Å². The zero-order valence-corrected chi connectivity index (χ0v) is 15.1. The third kappa shape index (κ3) is 4.08. The fourth-order valence-corrected chi connectivity index (χ4v) is 4.20. The molecule has 0 fully saturated rings. The predicted molar refractivity (Wildman–Crippen MR) is 101 cm³/mol. The van der Waals surface area contributed by atoms with E-state index in [0.717, 1.165) is 15.6 Å². The summed E-state index contributed by atoms with van der Waals surface area (Å²) in [5.74, 6) is 0.271. The third-order valence-corrected chi connectivity index (χ3v) is 5.77. The minimum absolute atomic E-state index is 0.0240. The molecule has 3 aromatic rings.